The van der Waals surface area contributed by atoms with Crippen LogP contribution in [0, 0.1) is 5.92 Å². The Balaban J connectivity index is 1.38. The summed E-state index contributed by atoms with van der Waals surface area (Å²) in [5.41, 5.74) is 3.22. The third-order valence-corrected chi connectivity index (χ3v) is 6.47. The molecular weight excluding hydrogens is 408 g/mol. The number of carboxylic acid groups (broad SMARTS) is 1. The van der Waals surface area contributed by atoms with E-state index < -0.39 is 23.5 Å². The van der Waals surface area contributed by atoms with Gasteiger partial charge in [-0.05, 0) is 48.9 Å². The third-order valence-electron chi connectivity index (χ3n) is 6.47. The lowest BCUT2D eigenvalue weighted by atomic mass is 9.98. The van der Waals surface area contributed by atoms with Crippen molar-refractivity contribution in [1.82, 2.24) is 10.6 Å². The molecule has 3 N–H and O–H groups in total. The van der Waals surface area contributed by atoms with Crippen molar-refractivity contribution in [2.24, 2.45) is 5.92 Å². The SMILES string of the molecule is CC(C)(NC(=O)[C@H]1CCC[C@H]1NC(=O)OCC1c2ccccc2-c2ccccc21)C(=O)O. The van der Waals surface area contributed by atoms with Crippen LogP contribution in [-0.4, -0.2) is 41.3 Å². The zero-order valence-corrected chi connectivity index (χ0v) is 18.3. The molecule has 0 bridgehead atoms. The number of hydrogen-bond acceptors (Lipinski definition) is 4. The van der Waals surface area contributed by atoms with Gasteiger partial charge >= 0.3 is 12.1 Å². The molecule has 0 radical (unpaired) electrons. The lowest BCUT2D eigenvalue weighted by molar-refractivity contribution is -0.146. The molecule has 4 rings (SSSR count). The smallest absolute Gasteiger partial charge is 0.407 e. The number of fused-ring (bicyclic) bond motifs is 3. The van der Waals surface area contributed by atoms with Crippen LogP contribution in [0.2, 0.25) is 0 Å². The molecule has 0 aliphatic heterocycles. The topological polar surface area (TPSA) is 105 Å². The van der Waals surface area contributed by atoms with Crippen LogP contribution in [0.3, 0.4) is 0 Å². The van der Waals surface area contributed by atoms with Crippen LogP contribution in [0.1, 0.15) is 50.2 Å². The number of rotatable bonds is 6. The summed E-state index contributed by atoms with van der Waals surface area (Å²) in [7, 11) is 0. The van der Waals surface area contributed by atoms with Crippen molar-refractivity contribution in [3.63, 3.8) is 0 Å². The van der Waals surface area contributed by atoms with Gasteiger partial charge < -0.3 is 20.5 Å². The predicted molar refractivity (Wildman–Crippen MR) is 119 cm³/mol. The highest BCUT2D eigenvalue weighted by atomic mass is 16.5. The maximum Gasteiger partial charge on any atom is 0.407 e. The first-order valence-corrected chi connectivity index (χ1v) is 10.9. The Kier molecular flexibility index (Phi) is 5.91. The minimum absolute atomic E-state index is 0.0350. The van der Waals surface area contributed by atoms with E-state index in [-0.39, 0.29) is 24.5 Å². The Labute approximate surface area is 187 Å². The summed E-state index contributed by atoms with van der Waals surface area (Å²) in [6, 6.07) is 15.9. The highest BCUT2D eigenvalue weighted by molar-refractivity contribution is 5.88. The first kappa shape index (κ1) is 21.9. The Morgan fingerprint density at radius 1 is 1.00 bits per heavy atom. The lowest BCUT2D eigenvalue weighted by Gasteiger charge is -2.26. The summed E-state index contributed by atoms with van der Waals surface area (Å²) >= 11 is 0. The molecule has 2 aromatic rings. The highest BCUT2D eigenvalue weighted by Gasteiger charge is 2.38. The van der Waals surface area contributed by atoms with E-state index in [0.29, 0.717) is 12.8 Å². The zero-order chi connectivity index (χ0) is 22.9. The second-order valence-electron chi connectivity index (χ2n) is 9.03. The molecule has 7 heteroatoms. The van der Waals surface area contributed by atoms with Gasteiger partial charge in [0.05, 0.1) is 5.92 Å². The Bertz CT molecular complexity index is 1000. The van der Waals surface area contributed by atoms with Crippen LogP contribution >= 0.6 is 0 Å². The van der Waals surface area contributed by atoms with Crippen LogP contribution in [0.15, 0.2) is 48.5 Å². The molecule has 0 aromatic heterocycles. The summed E-state index contributed by atoms with van der Waals surface area (Å²) in [6.07, 6.45) is 1.46. The van der Waals surface area contributed by atoms with E-state index in [1.807, 2.05) is 24.3 Å². The molecule has 0 heterocycles. The largest absolute Gasteiger partial charge is 0.480 e. The molecule has 32 heavy (non-hydrogen) atoms. The monoisotopic (exact) mass is 436 g/mol. The van der Waals surface area contributed by atoms with Gasteiger partial charge in [0.25, 0.3) is 0 Å². The van der Waals surface area contributed by atoms with Crippen molar-refractivity contribution in [3.05, 3.63) is 59.7 Å². The van der Waals surface area contributed by atoms with Gasteiger partial charge in [-0.15, -0.1) is 0 Å². The fourth-order valence-corrected chi connectivity index (χ4v) is 4.69. The van der Waals surface area contributed by atoms with E-state index in [0.717, 1.165) is 28.7 Å². The van der Waals surface area contributed by atoms with Crippen LogP contribution in [0.5, 0.6) is 0 Å². The van der Waals surface area contributed by atoms with Crippen molar-refractivity contribution >= 4 is 18.0 Å². The second kappa shape index (κ2) is 8.65. The van der Waals surface area contributed by atoms with Gasteiger partial charge in [-0.3, -0.25) is 4.79 Å². The minimum atomic E-state index is -1.37. The first-order chi connectivity index (χ1) is 15.3. The molecular formula is C25H28N2O5. The highest BCUT2D eigenvalue weighted by Crippen LogP contribution is 2.44. The standard InChI is InChI=1S/C25H28N2O5/c1-25(2,23(29)30)27-22(28)19-12-7-13-21(19)26-24(31)32-14-20-17-10-5-3-8-15(17)16-9-4-6-11-18(16)20/h3-6,8-11,19-21H,7,12-14H2,1-2H3,(H,26,31)(H,27,28)(H,29,30)/t19-,21+/m0/s1. The molecule has 2 atom stereocenters. The van der Waals surface area contributed by atoms with Gasteiger partial charge in [-0.1, -0.05) is 55.0 Å². The van der Waals surface area contributed by atoms with Crippen molar-refractivity contribution in [2.75, 3.05) is 6.61 Å². The number of carbonyl (C=O) groups excluding carboxylic acids is 2. The lowest BCUT2D eigenvalue weighted by Crippen LogP contribution is -2.54. The van der Waals surface area contributed by atoms with Gasteiger partial charge in [-0.25, -0.2) is 9.59 Å². The van der Waals surface area contributed by atoms with Gasteiger partial charge in [0.2, 0.25) is 5.91 Å². The van der Waals surface area contributed by atoms with E-state index in [9.17, 15) is 19.5 Å². The second-order valence-corrected chi connectivity index (χ2v) is 9.03. The van der Waals surface area contributed by atoms with E-state index in [1.165, 1.54) is 13.8 Å². The molecule has 7 nitrogen and oxygen atoms in total. The third kappa shape index (κ3) is 4.20. The number of aliphatic carboxylic acids is 1. The molecule has 0 spiro atoms. The number of ether oxygens (including phenoxy) is 1. The molecule has 2 amide bonds. The molecule has 2 aliphatic carbocycles. The molecule has 2 aliphatic rings. The van der Waals surface area contributed by atoms with Crippen molar-refractivity contribution in [1.29, 1.82) is 0 Å². The van der Waals surface area contributed by atoms with Crippen molar-refractivity contribution in [2.45, 2.75) is 50.6 Å². The fraction of sp³-hybridized carbons (Fsp3) is 0.400. The fourth-order valence-electron chi connectivity index (χ4n) is 4.69. The van der Waals surface area contributed by atoms with Crippen LogP contribution < -0.4 is 10.6 Å². The Morgan fingerprint density at radius 2 is 1.59 bits per heavy atom. The minimum Gasteiger partial charge on any atom is -0.480 e. The molecule has 1 saturated carbocycles. The van der Waals surface area contributed by atoms with E-state index in [2.05, 4.69) is 34.9 Å². The normalized spacial score (nSPS) is 19.7. The van der Waals surface area contributed by atoms with E-state index >= 15 is 0 Å². The summed E-state index contributed by atoms with van der Waals surface area (Å²) < 4.78 is 5.59. The number of carbonyl (C=O) groups is 3. The number of alkyl carbamates (subject to hydrolysis) is 1. The summed E-state index contributed by atoms with van der Waals surface area (Å²) in [6.45, 7) is 3.09. The Hall–Kier alpha value is -3.35. The Morgan fingerprint density at radius 3 is 2.19 bits per heavy atom. The van der Waals surface area contributed by atoms with Gasteiger partial charge in [0.1, 0.15) is 12.1 Å². The van der Waals surface area contributed by atoms with Gasteiger partial charge in [0.15, 0.2) is 0 Å². The van der Waals surface area contributed by atoms with Gasteiger partial charge in [-0.2, -0.15) is 0 Å². The maximum atomic E-state index is 12.6. The number of hydrogen-bond donors (Lipinski definition) is 3. The summed E-state index contributed by atoms with van der Waals surface area (Å²) in [5.74, 6) is -1.98. The number of carboxylic acids is 1. The van der Waals surface area contributed by atoms with E-state index in [4.69, 9.17) is 4.74 Å². The van der Waals surface area contributed by atoms with Crippen LogP contribution in [0.25, 0.3) is 11.1 Å². The number of benzene rings is 2. The average Bonchev–Trinajstić information content (AvgIpc) is 3.34. The number of nitrogens with one attached hydrogen (secondary N) is 2. The molecule has 2 aromatic carbocycles. The quantitative estimate of drug-likeness (QED) is 0.641. The molecule has 0 unspecified atom stereocenters. The molecule has 1 fully saturated rings. The van der Waals surface area contributed by atoms with E-state index in [1.54, 1.807) is 0 Å². The average molecular weight is 437 g/mol. The molecule has 168 valence electrons. The maximum absolute atomic E-state index is 12.6. The van der Waals surface area contributed by atoms with Crippen molar-refractivity contribution < 1.29 is 24.2 Å². The predicted octanol–water partition coefficient (Wildman–Crippen LogP) is 3.67. The van der Waals surface area contributed by atoms with Crippen molar-refractivity contribution in [3.8, 4) is 11.1 Å². The first-order valence-electron chi connectivity index (χ1n) is 10.9. The van der Waals surface area contributed by atoms with Crippen LogP contribution in [0.4, 0.5) is 4.79 Å². The van der Waals surface area contributed by atoms with Crippen LogP contribution in [-0.2, 0) is 14.3 Å². The summed E-state index contributed by atoms with van der Waals surface area (Å²) in [4.78, 5) is 36.5. The number of amides is 2. The van der Waals surface area contributed by atoms with Gasteiger partial charge in [0, 0.05) is 12.0 Å². The molecule has 0 saturated heterocycles. The zero-order valence-electron chi connectivity index (χ0n) is 18.3. The summed E-state index contributed by atoms with van der Waals surface area (Å²) in [5, 5.41) is 14.6.